The average Bonchev–Trinajstić information content (AvgIpc) is 3.48. The van der Waals surface area contributed by atoms with Crippen LogP contribution < -0.4 is 19.7 Å². The van der Waals surface area contributed by atoms with Crippen LogP contribution in [0.15, 0.2) is 85.2 Å². The van der Waals surface area contributed by atoms with Crippen molar-refractivity contribution in [3.05, 3.63) is 102 Å². The van der Waals surface area contributed by atoms with Crippen molar-refractivity contribution in [2.24, 2.45) is 0 Å². The zero-order valence-electron chi connectivity index (χ0n) is 20.0. The number of aromatic nitrogens is 2. The van der Waals surface area contributed by atoms with E-state index in [1.165, 1.54) is 19.2 Å². The van der Waals surface area contributed by atoms with Crippen molar-refractivity contribution in [2.45, 2.75) is 12.1 Å². The molecule has 0 radical (unpaired) electrons. The first-order valence-corrected chi connectivity index (χ1v) is 13.6. The minimum absolute atomic E-state index is 0.283. The molecule has 2 aromatic carbocycles. The van der Waals surface area contributed by atoms with Crippen LogP contribution in [0.1, 0.15) is 23.5 Å². The van der Waals surface area contributed by atoms with Gasteiger partial charge in [-0.05, 0) is 72.9 Å². The Morgan fingerprint density at radius 1 is 1.05 bits per heavy atom. The first-order valence-electron chi connectivity index (χ1n) is 11.3. The van der Waals surface area contributed by atoms with Crippen molar-refractivity contribution in [1.29, 1.82) is 0 Å². The van der Waals surface area contributed by atoms with Gasteiger partial charge in [-0.15, -0.1) is 0 Å². The number of halogens is 1. The van der Waals surface area contributed by atoms with Crippen molar-refractivity contribution < 1.29 is 17.5 Å². The van der Waals surface area contributed by atoms with Gasteiger partial charge in [-0.25, -0.2) is 12.8 Å². The van der Waals surface area contributed by atoms with E-state index in [4.69, 9.17) is 17.0 Å². The normalized spacial score (nSPS) is 17.5. The van der Waals surface area contributed by atoms with Gasteiger partial charge in [0.15, 0.2) is 5.11 Å². The number of rotatable bonds is 7. The molecule has 2 atom stereocenters. The molecule has 4 aromatic rings. The second kappa shape index (κ2) is 9.83. The number of nitrogens with one attached hydrogen (secondary N) is 2. The molecule has 0 amide bonds. The standard InChI is InChI=1S/C26H24FN5O3S2/c1-35-23-12-11-19(16-21(23)30-37(2,33)34)32-25(24(29-26(32)36)20-9-3-4-13-28-20)22-10-6-14-31(22)18-8-5-7-17(27)15-18/h3-16,24-25,30H,1-2H3,(H,29,36). The predicted octanol–water partition coefficient (Wildman–Crippen LogP) is 4.57. The Kier molecular flexibility index (Phi) is 6.57. The van der Waals surface area contributed by atoms with E-state index in [0.29, 0.717) is 22.2 Å². The van der Waals surface area contributed by atoms with Gasteiger partial charge in [0.25, 0.3) is 0 Å². The summed E-state index contributed by atoms with van der Waals surface area (Å²) in [5, 5.41) is 3.81. The Balaban J connectivity index is 1.67. The quantitative estimate of drug-likeness (QED) is 0.334. The van der Waals surface area contributed by atoms with Crippen LogP contribution in [0.2, 0.25) is 0 Å². The number of sulfonamides is 1. The van der Waals surface area contributed by atoms with E-state index in [0.717, 1.165) is 17.6 Å². The fourth-order valence-corrected chi connectivity index (χ4v) is 5.46. The summed E-state index contributed by atoms with van der Waals surface area (Å²) in [5.74, 6) is 0.0233. The number of pyridine rings is 1. The summed E-state index contributed by atoms with van der Waals surface area (Å²) in [6, 6.07) is 20.3. The molecule has 1 aliphatic heterocycles. The molecule has 2 N–H and O–H groups in total. The lowest BCUT2D eigenvalue weighted by Gasteiger charge is -2.29. The summed E-state index contributed by atoms with van der Waals surface area (Å²) < 4.78 is 48.0. The second-order valence-corrected chi connectivity index (χ2v) is 10.7. The molecule has 3 heterocycles. The fraction of sp³-hybridized carbons (Fsp3) is 0.154. The third-order valence-electron chi connectivity index (χ3n) is 6.02. The Hall–Kier alpha value is -3.96. The average molecular weight is 538 g/mol. The largest absolute Gasteiger partial charge is 0.495 e. The van der Waals surface area contributed by atoms with Crippen molar-refractivity contribution in [2.75, 3.05) is 23.0 Å². The molecule has 190 valence electrons. The van der Waals surface area contributed by atoms with Crippen molar-refractivity contribution in [1.82, 2.24) is 14.9 Å². The molecule has 0 aliphatic carbocycles. The summed E-state index contributed by atoms with van der Waals surface area (Å²) in [4.78, 5) is 6.47. The molecular weight excluding hydrogens is 513 g/mol. The summed E-state index contributed by atoms with van der Waals surface area (Å²) in [6.07, 6.45) is 4.66. The Morgan fingerprint density at radius 3 is 2.59 bits per heavy atom. The molecule has 1 saturated heterocycles. The highest BCUT2D eigenvalue weighted by Crippen LogP contribution is 2.43. The van der Waals surface area contributed by atoms with Gasteiger partial charge in [-0.2, -0.15) is 0 Å². The number of thiocarbonyl (C=S) groups is 1. The summed E-state index contributed by atoms with van der Waals surface area (Å²) in [7, 11) is -2.10. The van der Waals surface area contributed by atoms with E-state index in [-0.39, 0.29) is 17.5 Å². The number of hydrogen-bond acceptors (Lipinski definition) is 5. The molecule has 0 saturated carbocycles. The fourth-order valence-electron chi connectivity index (χ4n) is 4.55. The first-order chi connectivity index (χ1) is 17.7. The van der Waals surface area contributed by atoms with E-state index < -0.39 is 16.1 Å². The molecule has 5 rings (SSSR count). The van der Waals surface area contributed by atoms with Gasteiger partial charge in [0.05, 0.1) is 30.8 Å². The predicted molar refractivity (Wildman–Crippen MR) is 145 cm³/mol. The van der Waals surface area contributed by atoms with Crippen LogP contribution in [0, 0.1) is 5.82 Å². The Bertz CT molecular complexity index is 1560. The highest BCUT2D eigenvalue weighted by molar-refractivity contribution is 7.92. The van der Waals surface area contributed by atoms with Gasteiger partial charge in [0.1, 0.15) is 17.6 Å². The van der Waals surface area contributed by atoms with Crippen molar-refractivity contribution in [3.63, 3.8) is 0 Å². The molecule has 0 spiro atoms. The van der Waals surface area contributed by atoms with Gasteiger partial charge in [0, 0.05) is 29.5 Å². The lowest BCUT2D eigenvalue weighted by Crippen LogP contribution is -2.30. The number of nitrogens with zero attached hydrogens (tertiary/aromatic N) is 3. The van der Waals surface area contributed by atoms with Crippen molar-refractivity contribution in [3.8, 4) is 11.4 Å². The minimum Gasteiger partial charge on any atom is -0.495 e. The number of ether oxygens (including phenoxy) is 1. The van der Waals surface area contributed by atoms with Crippen LogP contribution in [-0.2, 0) is 10.0 Å². The van der Waals surface area contributed by atoms with E-state index in [1.807, 2.05) is 58.1 Å². The smallest absolute Gasteiger partial charge is 0.229 e. The molecule has 2 unspecified atom stereocenters. The summed E-state index contributed by atoms with van der Waals surface area (Å²) >= 11 is 5.79. The minimum atomic E-state index is -3.57. The third-order valence-corrected chi connectivity index (χ3v) is 6.93. The van der Waals surface area contributed by atoms with Gasteiger partial charge >= 0.3 is 0 Å². The van der Waals surface area contributed by atoms with Crippen LogP contribution in [0.4, 0.5) is 15.8 Å². The SMILES string of the molecule is COc1ccc(N2C(=S)NC(c3ccccn3)C2c2cccn2-c2cccc(F)c2)cc1NS(C)(=O)=O. The number of methoxy groups -OCH3 is 1. The molecule has 0 bridgehead atoms. The lowest BCUT2D eigenvalue weighted by atomic mass is 10.0. The van der Waals surface area contributed by atoms with Crippen LogP contribution in [-0.4, -0.2) is 36.4 Å². The van der Waals surface area contributed by atoms with E-state index in [1.54, 1.807) is 24.4 Å². The molecule has 37 heavy (non-hydrogen) atoms. The van der Waals surface area contributed by atoms with E-state index >= 15 is 0 Å². The molecular formula is C26H24FN5O3S2. The maximum Gasteiger partial charge on any atom is 0.229 e. The van der Waals surface area contributed by atoms with Crippen LogP contribution >= 0.6 is 12.2 Å². The first kappa shape index (κ1) is 24.7. The number of benzene rings is 2. The Morgan fingerprint density at radius 2 is 1.89 bits per heavy atom. The summed E-state index contributed by atoms with van der Waals surface area (Å²) in [5.41, 5.74) is 3.19. The zero-order chi connectivity index (χ0) is 26.2. The molecule has 11 heteroatoms. The maximum atomic E-state index is 14.1. The van der Waals surface area contributed by atoms with Crippen LogP contribution in [0.25, 0.3) is 5.69 Å². The van der Waals surface area contributed by atoms with E-state index in [9.17, 15) is 12.8 Å². The number of anilines is 2. The maximum absolute atomic E-state index is 14.1. The monoisotopic (exact) mass is 537 g/mol. The summed E-state index contributed by atoms with van der Waals surface area (Å²) in [6.45, 7) is 0. The third kappa shape index (κ3) is 5.00. The molecule has 1 aliphatic rings. The zero-order valence-corrected chi connectivity index (χ0v) is 21.6. The Labute approximate surface area is 219 Å². The molecule has 2 aromatic heterocycles. The van der Waals surface area contributed by atoms with Gasteiger partial charge in [0.2, 0.25) is 10.0 Å². The van der Waals surface area contributed by atoms with Crippen LogP contribution in [0.3, 0.4) is 0 Å². The topological polar surface area (TPSA) is 88.5 Å². The second-order valence-electron chi connectivity index (χ2n) is 8.54. The molecule has 1 fully saturated rings. The lowest BCUT2D eigenvalue weighted by molar-refractivity contribution is 0.417. The van der Waals surface area contributed by atoms with Gasteiger partial charge in [-0.1, -0.05) is 12.1 Å². The number of hydrogen-bond donors (Lipinski definition) is 2. The van der Waals surface area contributed by atoms with E-state index in [2.05, 4.69) is 15.0 Å². The van der Waals surface area contributed by atoms with Crippen molar-refractivity contribution >= 4 is 38.7 Å². The highest BCUT2D eigenvalue weighted by Gasteiger charge is 2.42. The molecule has 8 nitrogen and oxygen atoms in total. The van der Waals surface area contributed by atoms with Crippen LogP contribution in [0.5, 0.6) is 5.75 Å². The van der Waals surface area contributed by atoms with Gasteiger partial charge < -0.3 is 19.5 Å². The highest BCUT2D eigenvalue weighted by atomic mass is 32.2. The van der Waals surface area contributed by atoms with Gasteiger partial charge in [-0.3, -0.25) is 9.71 Å².